The predicted molar refractivity (Wildman–Crippen MR) is 97.6 cm³/mol. The van der Waals surface area contributed by atoms with Crippen molar-refractivity contribution >= 4 is 21.8 Å². The summed E-state index contributed by atoms with van der Waals surface area (Å²) in [5, 5.41) is 10.9. The van der Waals surface area contributed by atoms with Crippen molar-refractivity contribution in [2.45, 2.75) is 29.9 Å². The largest absolute Gasteiger partial charge is 0.389 e. The van der Waals surface area contributed by atoms with E-state index in [1.165, 1.54) is 21.0 Å². The van der Waals surface area contributed by atoms with Crippen LogP contribution in [-0.2, 0) is 16.6 Å². The molecule has 3 rings (SSSR count). The van der Waals surface area contributed by atoms with Gasteiger partial charge in [0.1, 0.15) is 0 Å². The molecular formula is C17H26N2O3S2. The van der Waals surface area contributed by atoms with Crippen molar-refractivity contribution < 1.29 is 13.5 Å². The van der Waals surface area contributed by atoms with Crippen molar-refractivity contribution in [2.75, 3.05) is 38.7 Å². The molecule has 2 aliphatic rings. The van der Waals surface area contributed by atoms with Crippen molar-refractivity contribution in [3.05, 3.63) is 29.8 Å². The lowest BCUT2D eigenvalue weighted by Gasteiger charge is -2.49. The van der Waals surface area contributed by atoms with Crippen molar-refractivity contribution in [3.63, 3.8) is 0 Å². The van der Waals surface area contributed by atoms with Gasteiger partial charge in [-0.05, 0) is 36.8 Å². The van der Waals surface area contributed by atoms with Gasteiger partial charge in [-0.3, -0.25) is 4.90 Å². The fourth-order valence-corrected chi connectivity index (χ4v) is 5.06. The third-order valence-corrected chi connectivity index (χ3v) is 7.37. The van der Waals surface area contributed by atoms with E-state index in [4.69, 9.17) is 0 Å². The van der Waals surface area contributed by atoms with E-state index >= 15 is 0 Å². The summed E-state index contributed by atoms with van der Waals surface area (Å²) in [5.41, 5.74) is 0.550. The van der Waals surface area contributed by atoms with Crippen LogP contribution in [0.25, 0.3) is 0 Å². The Hall–Kier alpha value is -0.600. The van der Waals surface area contributed by atoms with E-state index in [2.05, 4.69) is 35.4 Å². The minimum Gasteiger partial charge on any atom is -0.389 e. The fraction of sp³-hybridized carbons (Fsp3) is 0.647. The summed E-state index contributed by atoms with van der Waals surface area (Å²) in [6.07, 6.45) is 4.58. The first kappa shape index (κ1) is 18.2. The summed E-state index contributed by atoms with van der Waals surface area (Å²) >= 11 is 1.73. The first-order chi connectivity index (χ1) is 11.3. The van der Waals surface area contributed by atoms with Gasteiger partial charge in [-0.25, -0.2) is 12.7 Å². The van der Waals surface area contributed by atoms with Crippen LogP contribution in [-0.4, -0.2) is 67.0 Å². The van der Waals surface area contributed by atoms with Crippen molar-refractivity contribution in [1.29, 1.82) is 0 Å². The maximum atomic E-state index is 11.8. The van der Waals surface area contributed by atoms with E-state index in [1.807, 2.05) is 0 Å². The summed E-state index contributed by atoms with van der Waals surface area (Å²) in [7, 11) is -3.19. The molecule has 0 spiro atoms. The van der Waals surface area contributed by atoms with Crippen molar-refractivity contribution in [3.8, 4) is 0 Å². The highest BCUT2D eigenvalue weighted by molar-refractivity contribution is 7.98. The second-order valence-electron chi connectivity index (χ2n) is 7.00. The molecule has 0 bridgehead atoms. The van der Waals surface area contributed by atoms with Gasteiger partial charge in [-0.15, -0.1) is 11.8 Å². The van der Waals surface area contributed by atoms with Gasteiger partial charge in [0.25, 0.3) is 0 Å². The molecule has 1 aromatic carbocycles. The number of rotatable bonds is 4. The molecule has 0 saturated carbocycles. The molecule has 1 aromatic rings. The van der Waals surface area contributed by atoms with Gasteiger partial charge in [0, 0.05) is 43.5 Å². The number of hydrogen-bond donors (Lipinski definition) is 1. The van der Waals surface area contributed by atoms with Crippen LogP contribution >= 0.6 is 11.8 Å². The second kappa shape index (κ2) is 6.96. The Balaban J connectivity index is 1.66. The highest BCUT2D eigenvalue weighted by Gasteiger charge is 2.46. The number of likely N-dealkylation sites (tertiary alicyclic amines) is 1. The van der Waals surface area contributed by atoms with Gasteiger partial charge in [-0.1, -0.05) is 12.1 Å². The standard InChI is InChI=1S/C17H26N2O3S2/c1-23-16-5-3-14(4-6-16)11-18-9-7-17(20)8-10-19(24(2,21)22)13-15(17)12-18/h3-6,15,20H,7-13H2,1-2H3. The van der Waals surface area contributed by atoms with Crippen LogP contribution in [0.15, 0.2) is 29.2 Å². The molecule has 24 heavy (non-hydrogen) atoms. The zero-order valence-electron chi connectivity index (χ0n) is 14.3. The summed E-state index contributed by atoms with van der Waals surface area (Å²) in [6, 6.07) is 8.56. The summed E-state index contributed by atoms with van der Waals surface area (Å²) in [4.78, 5) is 3.58. The van der Waals surface area contributed by atoms with Gasteiger partial charge in [0.2, 0.25) is 10.0 Å². The number of piperidine rings is 2. The molecule has 2 saturated heterocycles. The van der Waals surface area contributed by atoms with Gasteiger partial charge < -0.3 is 5.11 Å². The van der Waals surface area contributed by atoms with Crippen molar-refractivity contribution in [2.24, 2.45) is 5.92 Å². The van der Waals surface area contributed by atoms with E-state index in [0.29, 0.717) is 19.5 Å². The summed E-state index contributed by atoms with van der Waals surface area (Å²) in [6.45, 7) is 3.31. The van der Waals surface area contributed by atoms with Crippen LogP contribution in [0.3, 0.4) is 0 Å². The Morgan fingerprint density at radius 1 is 1.21 bits per heavy atom. The van der Waals surface area contributed by atoms with E-state index in [9.17, 15) is 13.5 Å². The summed E-state index contributed by atoms with van der Waals surface area (Å²) < 4.78 is 25.2. The van der Waals surface area contributed by atoms with Gasteiger partial charge >= 0.3 is 0 Å². The minimum absolute atomic E-state index is 0.0137. The van der Waals surface area contributed by atoms with Crippen LogP contribution in [0.4, 0.5) is 0 Å². The predicted octanol–water partition coefficient (Wildman–Crippen LogP) is 1.63. The molecule has 2 aliphatic heterocycles. The Morgan fingerprint density at radius 3 is 2.50 bits per heavy atom. The number of thioether (sulfide) groups is 1. The number of benzene rings is 1. The number of fused-ring (bicyclic) bond motifs is 1. The maximum Gasteiger partial charge on any atom is 0.211 e. The SMILES string of the molecule is CSc1ccc(CN2CCC3(O)CCN(S(C)(=O)=O)CC3C2)cc1. The number of sulfonamides is 1. The lowest BCUT2D eigenvalue weighted by molar-refractivity contribution is -0.103. The molecule has 2 unspecified atom stereocenters. The zero-order chi connectivity index (χ0) is 17.4. The van der Waals surface area contributed by atoms with E-state index < -0.39 is 15.6 Å². The first-order valence-corrected chi connectivity index (χ1v) is 11.4. The highest BCUT2D eigenvalue weighted by Crippen LogP contribution is 2.36. The molecule has 134 valence electrons. The Kier molecular flexibility index (Phi) is 5.28. The molecule has 0 amide bonds. The highest BCUT2D eigenvalue weighted by atomic mass is 32.2. The van der Waals surface area contributed by atoms with Crippen LogP contribution in [0.1, 0.15) is 18.4 Å². The van der Waals surface area contributed by atoms with Gasteiger partial charge in [0.05, 0.1) is 11.9 Å². The van der Waals surface area contributed by atoms with Crippen LogP contribution in [0.2, 0.25) is 0 Å². The van der Waals surface area contributed by atoms with E-state index in [1.54, 1.807) is 11.8 Å². The van der Waals surface area contributed by atoms with Gasteiger partial charge in [-0.2, -0.15) is 0 Å². The lowest BCUT2D eigenvalue weighted by atomic mass is 9.76. The molecule has 2 heterocycles. The summed E-state index contributed by atoms with van der Waals surface area (Å²) in [5.74, 6) is -0.0137. The first-order valence-electron chi connectivity index (χ1n) is 8.33. The van der Waals surface area contributed by atoms with Crippen LogP contribution in [0.5, 0.6) is 0 Å². The fourth-order valence-electron chi connectivity index (χ4n) is 3.77. The monoisotopic (exact) mass is 370 g/mol. The number of aliphatic hydroxyl groups is 1. The Labute approximate surface area is 149 Å². The molecule has 2 atom stereocenters. The van der Waals surface area contributed by atoms with Gasteiger partial charge in [0.15, 0.2) is 0 Å². The third-order valence-electron chi connectivity index (χ3n) is 5.35. The third kappa shape index (κ3) is 3.96. The quantitative estimate of drug-likeness (QED) is 0.817. The average Bonchev–Trinajstić information content (AvgIpc) is 2.54. The smallest absolute Gasteiger partial charge is 0.211 e. The average molecular weight is 371 g/mol. The molecule has 5 nitrogen and oxygen atoms in total. The molecule has 0 aliphatic carbocycles. The zero-order valence-corrected chi connectivity index (χ0v) is 15.9. The maximum absolute atomic E-state index is 11.8. The molecular weight excluding hydrogens is 344 g/mol. The topological polar surface area (TPSA) is 60.9 Å². The lowest BCUT2D eigenvalue weighted by Crippen LogP contribution is -2.60. The normalized spacial score (nSPS) is 29.4. The van der Waals surface area contributed by atoms with E-state index in [-0.39, 0.29) is 5.92 Å². The number of nitrogens with zero attached hydrogens (tertiary/aromatic N) is 2. The Bertz CT molecular complexity index is 678. The molecule has 0 radical (unpaired) electrons. The van der Waals surface area contributed by atoms with E-state index in [0.717, 1.165) is 26.1 Å². The minimum atomic E-state index is -3.19. The molecule has 7 heteroatoms. The van der Waals surface area contributed by atoms with Crippen LogP contribution in [0, 0.1) is 5.92 Å². The van der Waals surface area contributed by atoms with Crippen LogP contribution < -0.4 is 0 Å². The Morgan fingerprint density at radius 2 is 1.88 bits per heavy atom. The molecule has 2 fully saturated rings. The van der Waals surface area contributed by atoms with Crippen molar-refractivity contribution in [1.82, 2.24) is 9.21 Å². The molecule has 0 aromatic heterocycles. The molecule has 1 N–H and O–H groups in total. The second-order valence-corrected chi connectivity index (χ2v) is 9.87. The number of hydrogen-bond acceptors (Lipinski definition) is 5.